The molecule has 6 heteroatoms. The van der Waals surface area contributed by atoms with Crippen LogP contribution in [-0.2, 0) is 11.2 Å². The fourth-order valence-electron chi connectivity index (χ4n) is 3.18. The molecule has 2 heterocycles. The van der Waals surface area contributed by atoms with Crippen LogP contribution in [0.3, 0.4) is 0 Å². The Morgan fingerprint density at radius 3 is 2.46 bits per heavy atom. The van der Waals surface area contributed by atoms with E-state index in [0.717, 1.165) is 45.0 Å². The van der Waals surface area contributed by atoms with Crippen molar-refractivity contribution in [1.82, 2.24) is 20.2 Å². The van der Waals surface area contributed by atoms with Crippen LogP contribution in [0.25, 0.3) is 0 Å². The van der Waals surface area contributed by atoms with Crippen molar-refractivity contribution in [1.29, 1.82) is 0 Å². The van der Waals surface area contributed by atoms with Crippen molar-refractivity contribution < 1.29 is 4.79 Å². The second-order valence-electron chi connectivity index (χ2n) is 6.80. The van der Waals surface area contributed by atoms with Crippen molar-refractivity contribution >= 4 is 11.9 Å². The summed E-state index contributed by atoms with van der Waals surface area (Å²) in [7, 11) is 0. The monoisotopic (exact) mass is 353 g/mol. The number of rotatable bonds is 7. The van der Waals surface area contributed by atoms with E-state index in [1.54, 1.807) is 12.4 Å². The Balaban J connectivity index is 1.36. The number of carbonyl (C=O) groups is 1. The second kappa shape index (κ2) is 9.29. The van der Waals surface area contributed by atoms with Gasteiger partial charge >= 0.3 is 0 Å². The predicted molar refractivity (Wildman–Crippen MR) is 103 cm³/mol. The van der Waals surface area contributed by atoms with Crippen LogP contribution < -0.4 is 10.2 Å². The summed E-state index contributed by atoms with van der Waals surface area (Å²) in [5.74, 6) is 0.876. The van der Waals surface area contributed by atoms with Gasteiger partial charge < -0.3 is 10.2 Å². The number of amides is 1. The van der Waals surface area contributed by atoms with Gasteiger partial charge in [0.1, 0.15) is 0 Å². The molecule has 1 aliphatic heterocycles. The van der Waals surface area contributed by atoms with E-state index in [1.165, 1.54) is 5.56 Å². The van der Waals surface area contributed by atoms with Gasteiger partial charge in [0.05, 0.1) is 6.54 Å². The molecular weight excluding hydrogens is 326 g/mol. The Morgan fingerprint density at radius 1 is 1.08 bits per heavy atom. The van der Waals surface area contributed by atoms with E-state index in [4.69, 9.17) is 0 Å². The molecule has 0 aliphatic carbocycles. The highest BCUT2D eigenvalue weighted by atomic mass is 16.2. The van der Waals surface area contributed by atoms with Crippen molar-refractivity contribution in [3.63, 3.8) is 0 Å². The average Bonchev–Trinajstić information content (AvgIpc) is 2.68. The van der Waals surface area contributed by atoms with Crippen molar-refractivity contribution in [3.05, 3.63) is 54.4 Å². The number of benzene rings is 1. The lowest BCUT2D eigenvalue weighted by Gasteiger charge is -2.34. The minimum Gasteiger partial charge on any atom is -0.353 e. The molecule has 138 valence electrons. The first-order valence-electron chi connectivity index (χ1n) is 9.28. The van der Waals surface area contributed by atoms with Gasteiger partial charge in [-0.15, -0.1) is 0 Å². The molecule has 1 N–H and O–H groups in total. The van der Waals surface area contributed by atoms with Crippen LogP contribution in [0.2, 0.25) is 0 Å². The summed E-state index contributed by atoms with van der Waals surface area (Å²) < 4.78 is 0. The number of hydrogen-bond acceptors (Lipinski definition) is 5. The van der Waals surface area contributed by atoms with Crippen molar-refractivity contribution in [2.75, 3.05) is 37.6 Å². The summed E-state index contributed by atoms with van der Waals surface area (Å²) in [5, 5.41) is 3.12. The molecule has 1 fully saturated rings. The zero-order valence-electron chi connectivity index (χ0n) is 15.3. The molecule has 0 saturated carbocycles. The molecule has 1 saturated heterocycles. The van der Waals surface area contributed by atoms with Crippen LogP contribution in [0.15, 0.2) is 48.8 Å². The zero-order valence-corrected chi connectivity index (χ0v) is 15.3. The lowest BCUT2D eigenvalue weighted by molar-refractivity contribution is -0.122. The number of piperazine rings is 1. The maximum Gasteiger partial charge on any atom is 0.234 e. The largest absolute Gasteiger partial charge is 0.353 e. The molecule has 26 heavy (non-hydrogen) atoms. The van der Waals surface area contributed by atoms with E-state index >= 15 is 0 Å². The highest BCUT2D eigenvalue weighted by Gasteiger charge is 2.20. The maximum absolute atomic E-state index is 12.3. The third-order valence-corrected chi connectivity index (χ3v) is 4.69. The first kappa shape index (κ1) is 18.3. The number of nitrogens with zero attached hydrogens (tertiary/aromatic N) is 4. The zero-order chi connectivity index (χ0) is 18.2. The molecule has 0 spiro atoms. The number of aromatic nitrogens is 2. The normalized spacial score (nSPS) is 16.3. The second-order valence-corrected chi connectivity index (χ2v) is 6.80. The van der Waals surface area contributed by atoms with Crippen molar-refractivity contribution in [3.8, 4) is 0 Å². The first-order valence-corrected chi connectivity index (χ1v) is 9.28. The summed E-state index contributed by atoms with van der Waals surface area (Å²) in [6.07, 6.45) is 5.46. The molecule has 1 aromatic carbocycles. The molecule has 1 amide bonds. The Kier molecular flexibility index (Phi) is 6.55. The lowest BCUT2D eigenvalue weighted by Crippen LogP contribution is -2.50. The molecule has 6 nitrogen and oxygen atoms in total. The first-order chi connectivity index (χ1) is 12.7. The molecular formula is C20H27N5O. The molecule has 2 aromatic rings. The average molecular weight is 353 g/mol. The summed E-state index contributed by atoms with van der Waals surface area (Å²) in [6.45, 7) is 5.93. The van der Waals surface area contributed by atoms with E-state index in [9.17, 15) is 4.79 Å². The summed E-state index contributed by atoms with van der Waals surface area (Å²) in [5.41, 5.74) is 1.31. The van der Waals surface area contributed by atoms with E-state index in [2.05, 4.69) is 56.3 Å². The molecule has 1 atom stereocenters. The summed E-state index contributed by atoms with van der Waals surface area (Å²) in [4.78, 5) is 25.2. The highest BCUT2D eigenvalue weighted by molar-refractivity contribution is 5.78. The fourth-order valence-corrected chi connectivity index (χ4v) is 3.18. The third kappa shape index (κ3) is 5.52. The van der Waals surface area contributed by atoms with Gasteiger partial charge in [-0.3, -0.25) is 9.69 Å². The smallest absolute Gasteiger partial charge is 0.234 e. The molecule has 3 rings (SSSR count). The summed E-state index contributed by atoms with van der Waals surface area (Å²) in [6, 6.07) is 12.4. The van der Waals surface area contributed by atoms with Gasteiger partial charge in [0, 0.05) is 44.6 Å². The van der Waals surface area contributed by atoms with Crippen LogP contribution in [0.5, 0.6) is 0 Å². The van der Waals surface area contributed by atoms with Crippen molar-refractivity contribution in [2.45, 2.75) is 25.8 Å². The summed E-state index contributed by atoms with van der Waals surface area (Å²) >= 11 is 0. The number of hydrogen-bond donors (Lipinski definition) is 1. The highest BCUT2D eigenvalue weighted by Crippen LogP contribution is 2.09. The van der Waals surface area contributed by atoms with Crippen molar-refractivity contribution in [2.24, 2.45) is 0 Å². The fraction of sp³-hybridized carbons (Fsp3) is 0.450. The molecule has 0 unspecified atom stereocenters. The number of anilines is 1. The van der Waals surface area contributed by atoms with Gasteiger partial charge in [-0.25, -0.2) is 9.97 Å². The standard InChI is InChI=1S/C20H27N5O/c1-17(8-9-18-6-3-2-4-7-18)23-19(26)16-24-12-14-25(15-13-24)20-21-10-5-11-22-20/h2-7,10-11,17H,8-9,12-16H2,1H3,(H,23,26)/t17-/m0/s1. The topological polar surface area (TPSA) is 61.4 Å². The van der Waals surface area contributed by atoms with Gasteiger partial charge in [-0.2, -0.15) is 0 Å². The molecule has 0 radical (unpaired) electrons. The van der Waals surface area contributed by atoms with Gasteiger partial charge in [0.25, 0.3) is 0 Å². The van der Waals surface area contributed by atoms with Crippen LogP contribution in [0.4, 0.5) is 5.95 Å². The van der Waals surface area contributed by atoms with Crippen LogP contribution >= 0.6 is 0 Å². The van der Waals surface area contributed by atoms with Crippen LogP contribution in [-0.4, -0.2) is 59.5 Å². The van der Waals surface area contributed by atoms with Gasteiger partial charge in [0.2, 0.25) is 11.9 Å². The quantitative estimate of drug-likeness (QED) is 0.821. The minimum atomic E-state index is 0.106. The minimum absolute atomic E-state index is 0.106. The molecule has 1 aliphatic rings. The molecule has 0 bridgehead atoms. The number of carbonyl (C=O) groups excluding carboxylic acids is 1. The Hall–Kier alpha value is -2.47. The van der Waals surface area contributed by atoms with Crippen LogP contribution in [0.1, 0.15) is 18.9 Å². The van der Waals surface area contributed by atoms with Crippen LogP contribution in [0, 0.1) is 0 Å². The van der Waals surface area contributed by atoms with E-state index in [0.29, 0.717) is 6.54 Å². The third-order valence-electron chi connectivity index (χ3n) is 4.69. The van der Waals surface area contributed by atoms with E-state index in [1.807, 2.05) is 12.1 Å². The van der Waals surface area contributed by atoms with Gasteiger partial charge in [0.15, 0.2) is 0 Å². The Morgan fingerprint density at radius 2 is 1.77 bits per heavy atom. The number of nitrogens with one attached hydrogen (secondary N) is 1. The Labute approximate surface area is 155 Å². The molecule has 1 aromatic heterocycles. The predicted octanol–water partition coefficient (Wildman–Crippen LogP) is 1.74. The SMILES string of the molecule is C[C@@H](CCc1ccccc1)NC(=O)CN1CCN(c2ncccn2)CC1. The van der Waals surface area contributed by atoms with E-state index < -0.39 is 0 Å². The number of aryl methyl sites for hydroxylation is 1. The Bertz CT molecular complexity index is 671. The lowest BCUT2D eigenvalue weighted by atomic mass is 10.1. The van der Waals surface area contributed by atoms with E-state index in [-0.39, 0.29) is 11.9 Å². The maximum atomic E-state index is 12.3. The van der Waals surface area contributed by atoms with Gasteiger partial charge in [-0.1, -0.05) is 30.3 Å². The van der Waals surface area contributed by atoms with Gasteiger partial charge in [-0.05, 0) is 31.4 Å².